The van der Waals surface area contributed by atoms with Crippen molar-refractivity contribution in [2.75, 3.05) is 37.2 Å². The largest absolute Gasteiger partial charge is 0.494 e. The third kappa shape index (κ3) is 5.91. The monoisotopic (exact) mass is 438 g/mol. The second-order valence-electron chi connectivity index (χ2n) is 6.42. The summed E-state index contributed by atoms with van der Waals surface area (Å²) >= 11 is 1.34. The SMILES string of the molecule is CCO/N=C/c1ccc(OCCCCCN2CCN(c3nccs3)S2(=O)=O)cc1. The highest BCUT2D eigenvalue weighted by Gasteiger charge is 2.37. The van der Waals surface area contributed by atoms with Crippen LogP contribution in [-0.4, -0.2) is 56.8 Å². The summed E-state index contributed by atoms with van der Waals surface area (Å²) in [6, 6.07) is 7.64. The van der Waals surface area contributed by atoms with Crippen LogP contribution in [0.15, 0.2) is 41.0 Å². The molecule has 0 saturated carbocycles. The van der Waals surface area contributed by atoms with Crippen molar-refractivity contribution >= 4 is 32.9 Å². The molecule has 1 aliphatic heterocycles. The number of hydrogen-bond donors (Lipinski definition) is 0. The topological polar surface area (TPSA) is 84.3 Å². The van der Waals surface area contributed by atoms with Crippen LogP contribution < -0.4 is 9.04 Å². The first-order chi connectivity index (χ1) is 14.1. The van der Waals surface area contributed by atoms with E-state index in [2.05, 4.69) is 10.1 Å². The lowest BCUT2D eigenvalue weighted by molar-refractivity contribution is 0.160. The van der Waals surface area contributed by atoms with Crippen LogP contribution in [-0.2, 0) is 15.0 Å². The van der Waals surface area contributed by atoms with Gasteiger partial charge in [0.2, 0.25) is 0 Å². The Morgan fingerprint density at radius 1 is 1.21 bits per heavy atom. The van der Waals surface area contributed by atoms with Crippen molar-refractivity contribution < 1.29 is 18.0 Å². The number of anilines is 1. The van der Waals surface area contributed by atoms with E-state index in [9.17, 15) is 8.42 Å². The number of benzene rings is 1. The van der Waals surface area contributed by atoms with Crippen molar-refractivity contribution in [3.05, 3.63) is 41.4 Å². The van der Waals surface area contributed by atoms with Gasteiger partial charge in [0.1, 0.15) is 12.4 Å². The predicted molar refractivity (Wildman–Crippen MR) is 115 cm³/mol. The van der Waals surface area contributed by atoms with Crippen molar-refractivity contribution in [2.45, 2.75) is 26.2 Å². The minimum atomic E-state index is -3.44. The van der Waals surface area contributed by atoms with Crippen LogP contribution >= 0.6 is 11.3 Å². The van der Waals surface area contributed by atoms with E-state index < -0.39 is 10.2 Å². The average Bonchev–Trinajstić information content (AvgIpc) is 3.33. The molecular formula is C19H26N4O4S2. The molecule has 10 heteroatoms. The van der Waals surface area contributed by atoms with Crippen molar-refractivity contribution in [1.82, 2.24) is 9.29 Å². The Morgan fingerprint density at radius 2 is 2.03 bits per heavy atom. The van der Waals surface area contributed by atoms with Crippen LogP contribution in [0.1, 0.15) is 31.7 Å². The van der Waals surface area contributed by atoms with Gasteiger partial charge < -0.3 is 9.57 Å². The Morgan fingerprint density at radius 3 is 2.76 bits per heavy atom. The summed E-state index contributed by atoms with van der Waals surface area (Å²) in [6.07, 6.45) is 5.87. The van der Waals surface area contributed by atoms with Gasteiger partial charge in [-0.1, -0.05) is 5.16 Å². The van der Waals surface area contributed by atoms with E-state index in [1.807, 2.05) is 31.2 Å². The zero-order valence-electron chi connectivity index (χ0n) is 16.4. The summed E-state index contributed by atoms with van der Waals surface area (Å²) in [6.45, 7) is 4.53. The molecule has 0 radical (unpaired) electrons. The Balaban J connectivity index is 1.33. The van der Waals surface area contributed by atoms with Crippen LogP contribution in [0.4, 0.5) is 5.13 Å². The maximum atomic E-state index is 12.6. The van der Waals surface area contributed by atoms with Crippen LogP contribution in [0.2, 0.25) is 0 Å². The highest BCUT2D eigenvalue weighted by atomic mass is 32.2. The van der Waals surface area contributed by atoms with Crippen LogP contribution in [0.3, 0.4) is 0 Å². The third-order valence-corrected chi connectivity index (χ3v) is 7.24. The summed E-state index contributed by atoms with van der Waals surface area (Å²) in [4.78, 5) is 9.05. The Kier molecular flexibility index (Phi) is 7.84. The Labute approximate surface area is 175 Å². The van der Waals surface area contributed by atoms with Crippen molar-refractivity contribution in [2.24, 2.45) is 5.16 Å². The fraction of sp³-hybridized carbons (Fsp3) is 0.474. The van der Waals surface area contributed by atoms with Gasteiger partial charge in [0, 0.05) is 24.7 Å². The molecule has 1 fully saturated rings. The van der Waals surface area contributed by atoms with Crippen molar-refractivity contribution in [3.8, 4) is 5.75 Å². The lowest BCUT2D eigenvalue weighted by atomic mass is 10.2. The highest BCUT2D eigenvalue weighted by molar-refractivity contribution is 7.91. The molecule has 29 heavy (non-hydrogen) atoms. The van der Waals surface area contributed by atoms with Crippen molar-refractivity contribution in [3.63, 3.8) is 0 Å². The molecule has 0 N–H and O–H groups in total. The fourth-order valence-electron chi connectivity index (χ4n) is 2.91. The molecule has 0 amide bonds. The number of unbranched alkanes of at least 4 members (excludes halogenated alkanes) is 2. The Bertz CT molecular complexity index is 870. The normalized spacial score (nSPS) is 16.5. The average molecular weight is 439 g/mol. The van der Waals surface area contributed by atoms with Gasteiger partial charge in [-0.15, -0.1) is 11.3 Å². The molecule has 0 unspecified atom stereocenters. The first-order valence-electron chi connectivity index (χ1n) is 9.67. The molecule has 0 aliphatic carbocycles. The molecule has 1 aliphatic rings. The van der Waals surface area contributed by atoms with Crippen LogP contribution in [0.25, 0.3) is 0 Å². The number of nitrogens with zero attached hydrogens (tertiary/aromatic N) is 4. The lowest BCUT2D eigenvalue weighted by Crippen LogP contribution is -2.33. The molecule has 2 aromatic rings. The number of thiazole rings is 1. The maximum absolute atomic E-state index is 12.6. The van der Waals surface area contributed by atoms with Gasteiger partial charge in [-0.2, -0.15) is 12.7 Å². The van der Waals surface area contributed by atoms with E-state index in [0.717, 1.165) is 30.6 Å². The molecule has 1 aromatic carbocycles. The van der Waals surface area contributed by atoms with E-state index in [4.69, 9.17) is 9.57 Å². The van der Waals surface area contributed by atoms with Gasteiger partial charge in [-0.25, -0.2) is 9.29 Å². The van der Waals surface area contributed by atoms with Crippen LogP contribution in [0.5, 0.6) is 5.75 Å². The Hall–Kier alpha value is -2.17. The quantitative estimate of drug-likeness (QED) is 0.306. The molecule has 158 valence electrons. The van der Waals surface area contributed by atoms with Gasteiger partial charge >= 0.3 is 10.2 Å². The molecule has 0 bridgehead atoms. The first kappa shape index (κ1) is 21.5. The molecule has 8 nitrogen and oxygen atoms in total. The molecule has 3 rings (SSSR count). The zero-order valence-corrected chi connectivity index (χ0v) is 18.1. The summed E-state index contributed by atoms with van der Waals surface area (Å²) < 4.78 is 33.8. The maximum Gasteiger partial charge on any atom is 0.305 e. The first-order valence-corrected chi connectivity index (χ1v) is 11.9. The van der Waals surface area contributed by atoms with E-state index >= 15 is 0 Å². The minimum Gasteiger partial charge on any atom is -0.494 e. The molecule has 0 atom stereocenters. The van der Waals surface area contributed by atoms with E-state index in [1.165, 1.54) is 19.9 Å². The van der Waals surface area contributed by atoms with E-state index in [-0.39, 0.29) is 0 Å². The molecule has 1 aromatic heterocycles. The second kappa shape index (κ2) is 10.6. The standard InChI is InChI=1S/C19H26N4O4S2/c1-2-27-21-16-17-6-8-18(9-7-17)26-14-5-3-4-11-22-12-13-23(29(22,24)25)19-20-10-15-28-19/h6-10,15-16H,2-5,11-14H2,1H3/b21-16+. The third-order valence-electron chi connectivity index (χ3n) is 4.40. The fourth-order valence-corrected chi connectivity index (χ4v) is 5.41. The predicted octanol–water partition coefficient (Wildman–Crippen LogP) is 3.13. The van der Waals surface area contributed by atoms with Gasteiger partial charge in [0.05, 0.1) is 19.4 Å². The van der Waals surface area contributed by atoms with Gasteiger partial charge in [0.15, 0.2) is 5.13 Å². The zero-order chi connectivity index (χ0) is 20.5. The number of hydrogen-bond acceptors (Lipinski definition) is 7. The highest BCUT2D eigenvalue weighted by Crippen LogP contribution is 2.27. The summed E-state index contributed by atoms with van der Waals surface area (Å²) in [5.41, 5.74) is 0.949. The molecule has 0 spiro atoms. The smallest absolute Gasteiger partial charge is 0.305 e. The second-order valence-corrected chi connectivity index (χ2v) is 9.15. The number of rotatable bonds is 11. The lowest BCUT2D eigenvalue weighted by Gasteiger charge is -2.17. The molecule has 2 heterocycles. The van der Waals surface area contributed by atoms with Gasteiger partial charge in [-0.05, 0) is 56.0 Å². The van der Waals surface area contributed by atoms with Crippen LogP contribution in [0, 0.1) is 0 Å². The van der Waals surface area contributed by atoms with Gasteiger partial charge in [0.25, 0.3) is 0 Å². The van der Waals surface area contributed by atoms with Crippen molar-refractivity contribution in [1.29, 1.82) is 0 Å². The summed E-state index contributed by atoms with van der Waals surface area (Å²) in [5, 5.41) is 6.15. The number of ether oxygens (including phenoxy) is 1. The molecule has 1 saturated heterocycles. The van der Waals surface area contributed by atoms with Gasteiger partial charge in [-0.3, -0.25) is 0 Å². The number of oxime groups is 1. The number of aromatic nitrogens is 1. The summed E-state index contributed by atoms with van der Waals surface area (Å²) in [5.74, 6) is 0.805. The summed E-state index contributed by atoms with van der Waals surface area (Å²) in [7, 11) is -3.44. The molecular weight excluding hydrogens is 412 g/mol. The minimum absolute atomic E-state index is 0.463. The van der Waals surface area contributed by atoms with E-state index in [1.54, 1.807) is 17.8 Å². The van der Waals surface area contributed by atoms with E-state index in [0.29, 0.717) is 38.0 Å².